The molecule has 2 atom stereocenters. The molecule has 2 aromatic rings. The van der Waals surface area contributed by atoms with Gasteiger partial charge in [-0.3, -0.25) is 4.98 Å². The van der Waals surface area contributed by atoms with Crippen LogP contribution in [-0.2, 0) is 6.54 Å². The maximum atomic E-state index is 5.60. The molecule has 0 aliphatic carbocycles. The van der Waals surface area contributed by atoms with Gasteiger partial charge in [-0.2, -0.15) is 0 Å². The van der Waals surface area contributed by atoms with Gasteiger partial charge in [-0.1, -0.05) is 6.07 Å². The van der Waals surface area contributed by atoms with Crippen molar-refractivity contribution in [3.8, 4) is 0 Å². The number of aryl methyl sites for hydroxylation is 1. The Morgan fingerprint density at radius 3 is 2.73 bits per heavy atom. The highest BCUT2D eigenvalue weighted by Crippen LogP contribution is 2.39. The van der Waals surface area contributed by atoms with Crippen LogP contribution in [0, 0.1) is 0 Å². The summed E-state index contributed by atoms with van der Waals surface area (Å²) in [4.78, 5) is 6.83. The Kier molecular flexibility index (Phi) is 4.16. The van der Waals surface area contributed by atoms with Crippen molar-refractivity contribution in [2.24, 2.45) is 0 Å². The first kappa shape index (κ1) is 15.0. The normalized spacial score (nSPS) is 21.5. The Hall–Kier alpha value is -1.88. The lowest BCUT2D eigenvalue weighted by atomic mass is 10.0. The Balaban J connectivity index is 2.08. The lowest BCUT2D eigenvalue weighted by molar-refractivity contribution is 0.259. The van der Waals surface area contributed by atoms with Crippen LogP contribution in [0.15, 0.2) is 42.7 Å². The van der Waals surface area contributed by atoms with Crippen LogP contribution in [0.3, 0.4) is 0 Å². The van der Waals surface area contributed by atoms with Crippen molar-refractivity contribution in [3.63, 3.8) is 0 Å². The second-order valence-electron chi connectivity index (χ2n) is 5.85. The van der Waals surface area contributed by atoms with Crippen LogP contribution < -0.4 is 5.32 Å². The van der Waals surface area contributed by atoms with Gasteiger partial charge < -0.3 is 14.8 Å². The van der Waals surface area contributed by atoms with Crippen molar-refractivity contribution >= 4 is 17.3 Å². The summed E-state index contributed by atoms with van der Waals surface area (Å²) in [6, 6.07) is 10.9. The topological polar surface area (TPSA) is 33.1 Å². The van der Waals surface area contributed by atoms with Crippen LogP contribution in [0.25, 0.3) is 0 Å². The molecule has 0 amide bonds. The molecule has 0 unspecified atom stereocenters. The van der Waals surface area contributed by atoms with Gasteiger partial charge in [0.15, 0.2) is 5.11 Å². The molecular weight excluding hydrogens is 292 g/mol. The van der Waals surface area contributed by atoms with Gasteiger partial charge in [0.2, 0.25) is 0 Å². The highest BCUT2D eigenvalue weighted by atomic mass is 32.1. The fourth-order valence-corrected chi connectivity index (χ4v) is 3.67. The number of pyridine rings is 1. The third-order valence-electron chi connectivity index (χ3n) is 4.20. The zero-order valence-corrected chi connectivity index (χ0v) is 14.0. The molecule has 3 rings (SSSR count). The molecule has 4 nitrogen and oxygen atoms in total. The number of thiocarbonyl (C=S) groups is 1. The standard InChI is InChI=1S/C17H22N4S/c1-4-20-11-7-9-14(20)16-15(13-8-5-6-10-18-13)19-17(22)21(16)12(2)3/h5-12,15-16H,4H2,1-3H3,(H,19,22)/t15-,16-/m0/s1. The monoisotopic (exact) mass is 314 g/mol. The Morgan fingerprint density at radius 1 is 1.27 bits per heavy atom. The van der Waals surface area contributed by atoms with Gasteiger partial charge in [0.05, 0.1) is 17.8 Å². The van der Waals surface area contributed by atoms with Crippen LogP contribution in [0.4, 0.5) is 0 Å². The summed E-state index contributed by atoms with van der Waals surface area (Å²) in [7, 11) is 0. The molecule has 1 fully saturated rings. The van der Waals surface area contributed by atoms with E-state index in [2.05, 4.69) is 64.9 Å². The zero-order valence-electron chi connectivity index (χ0n) is 13.2. The minimum Gasteiger partial charge on any atom is -0.352 e. The molecule has 22 heavy (non-hydrogen) atoms. The summed E-state index contributed by atoms with van der Waals surface area (Å²) in [5, 5.41) is 4.28. The lowest BCUT2D eigenvalue weighted by Crippen LogP contribution is -2.36. The van der Waals surface area contributed by atoms with Gasteiger partial charge in [-0.25, -0.2) is 0 Å². The van der Waals surface area contributed by atoms with Gasteiger partial charge in [0, 0.05) is 30.7 Å². The van der Waals surface area contributed by atoms with Gasteiger partial charge in [0.1, 0.15) is 0 Å². The first-order chi connectivity index (χ1) is 10.6. The van der Waals surface area contributed by atoms with E-state index in [4.69, 9.17) is 12.2 Å². The summed E-state index contributed by atoms with van der Waals surface area (Å²) in [5.74, 6) is 0. The van der Waals surface area contributed by atoms with Crippen molar-refractivity contribution in [1.29, 1.82) is 0 Å². The number of hydrogen-bond acceptors (Lipinski definition) is 2. The fourth-order valence-electron chi connectivity index (χ4n) is 3.22. The van der Waals surface area contributed by atoms with Crippen LogP contribution in [0.1, 0.15) is 44.2 Å². The summed E-state index contributed by atoms with van der Waals surface area (Å²) < 4.78 is 2.28. The minimum absolute atomic E-state index is 0.0799. The quantitative estimate of drug-likeness (QED) is 0.878. The van der Waals surface area contributed by atoms with E-state index in [1.54, 1.807) is 0 Å². The first-order valence-electron chi connectivity index (χ1n) is 7.78. The molecule has 0 radical (unpaired) electrons. The second kappa shape index (κ2) is 6.08. The molecule has 0 aromatic carbocycles. The van der Waals surface area contributed by atoms with E-state index in [1.807, 2.05) is 18.3 Å². The molecule has 1 N–H and O–H groups in total. The van der Waals surface area contributed by atoms with Gasteiger partial charge in [-0.05, 0) is 57.3 Å². The maximum absolute atomic E-state index is 5.60. The number of nitrogens with zero attached hydrogens (tertiary/aromatic N) is 3. The van der Waals surface area contributed by atoms with Gasteiger partial charge in [-0.15, -0.1) is 0 Å². The minimum atomic E-state index is 0.0799. The van der Waals surface area contributed by atoms with Crippen LogP contribution in [0.5, 0.6) is 0 Å². The van der Waals surface area contributed by atoms with E-state index >= 15 is 0 Å². The van der Waals surface area contributed by atoms with Crippen molar-refractivity contribution in [2.45, 2.75) is 45.4 Å². The van der Waals surface area contributed by atoms with Crippen LogP contribution >= 0.6 is 12.2 Å². The molecular formula is C17H22N4S. The molecule has 2 aromatic heterocycles. The van der Waals surface area contributed by atoms with Crippen molar-refractivity contribution in [3.05, 3.63) is 54.1 Å². The molecule has 3 heterocycles. The van der Waals surface area contributed by atoms with E-state index in [9.17, 15) is 0 Å². The summed E-state index contributed by atoms with van der Waals surface area (Å²) in [6.07, 6.45) is 3.97. The third kappa shape index (κ3) is 2.50. The average Bonchev–Trinajstić information content (AvgIpc) is 3.11. The highest BCUT2D eigenvalue weighted by Gasteiger charge is 2.41. The van der Waals surface area contributed by atoms with E-state index in [0.717, 1.165) is 17.4 Å². The summed E-state index contributed by atoms with van der Waals surface area (Å²) in [6.45, 7) is 7.48. The van der Waals surface area contributed by atoms with Crippen LogP contribution in [-0.4, -0.2) is 25.6 Å². The number of rotatable bonds is 4. The lowest BCUT2D eigenvalue weighted by Gasteiger charge is -2.31. The zero-order chi connectivity index (χ0) is 15.7. The highest BCUT2D eigenvalue weighted by molar-refractivity contribution is 7.80. The van der Waals surface area contributed by atoms with Crippen LogP contribution in [0.2, 0.25) is 0 Å². The number of hydrogen-bond donors (Lipinski definition) is 1. The predicted octanol–water partition coefficient (Wildman–Crippen LogP) is 3.28. The van der Waals surface area contributed by atoms with Crippen molar-refractivity contribution in [1.82, 2.24) is 19.8 Å². The maximum Gasteiger partial charge on any atom is 0.170 e. The molecule has 0 saturated carbocycles. The molecule has 1 aliphatic rings. The first-order valence-corrected chi connectivity index (χ1v) is 8.19. The Bertz CT molecular complexity index is 650. The molecule has 1 aliphatic heterocycles. The molecule has 0 spiro atoms. The average molecular weight is 314 g/mol. The van der Waals surface area contributed by atoms with E-state index in [-0.39, 0.29) is 12.1 Å². The van der Waals surface area contributed by atoms with E-state index in [0.29, 0.717) is 6.04 Å². The number of aromatic nitrogens is 2. The second-order valence-corrected chi connectivity index (χ2v) is 6.23. The fraction of sp³-hybridized carbons (Fsp3) is 0.412. The molecule has 116 valence electrons. The van der Waals surface area contributed by atoms with Crippen molar-refractivity contribution in [2.75, 3.05) is 0 Å². The predicted molar refractivity (Wildman–Crippen MR) is 92.5 cm³/mol. The summed E-state index contributed by atoms with van der Waals surface area (Å²) in [5.41, 5.74) is 2.31. The molecule has 5 heteroatoms. The summed E-state index contributed by atoms with van der Waals surface area (Å²) >= 11 is 5.60. The van der Waals surface area contributed by atoms with E-state index < -0.39 is 0 Å². The molecule has 1 saturated heterocycles. The van der Waals surface area contributed by atoms with Crippen molar-refractivity contribution < 1.29 is 0 Å². The largest absolute Gasteiger partial charge is 0.352 e. The number of nitrogens with one attached hydrogen (secondary N) is 1. The van der Waals surface area contributed by atoms with Gasteiger partial charge in [0.25, 0.3) is 0 Å². The Morgan fingerprint density at radius 2 is 2.09 bits per heavy atom. The SMILES string of the molecule is CCn1cccc1[C@H]1[C@H](c2ccccn2)NC(=S)N1C(C)C. The third-order valence-corrected chi connectivity index (χ3v) is 4.53. The molecule has 0 bridgehead atoms. The van der Waals surface area contributed by atoms with Gasteiger partial charge >= 0.3 is 0 Å². The van der Waals surface area contributed by atoms with E-state index in [1.165, 1.54) is 5.69 Å². The Labute approximate surface area is 137 Å². The smallest absolute Gasteiger partial charge is 0.170 e.